The third-order valence-corrected chi connectivity index (χ3v) is 7.42. The minimum atomic E-state index is -3.72. The molecule has 0 atom stereocenters. The van der Waals surface area contributed by atoms with Crippen LogP contribution >= 0.6 is 0 Å². The summed E-state index contributed by atoms with van der Waals surface area (Å²) >= 11 is 0. The number of nitrogens with zero attached hydrogens (tertiary/aromatic N) is 3. The molecule has 0 N–H and O–H groups in total. The van der Waals surface area contributed by atoms with Crippen molar-refractivity contribution in [2.45, 2.75) is 24.7 Å². The van der Waals surface area contributed by atoms with Gasteiger partial charge >= 0.3 is 0 Å². The SMILES string of the molecule is Cc1ccc(S(=O)(=O)n2cc(C=C3CCCN=C3c3cccnc3)c3ccccc32)cc1. The largest absolute Gasteiger partial charge is 0.284 e. The van der Waals surface area contributed by atoms with Crippen LogP contribution in [0.2, 0.25) is 0 Å². The third kappa shape index (κ3) is 3.67. The molecule has 6 heteroatoms. The monoisotopic (exact) mass is 441 g/mol. The Balaban J connectivity index is 1.66. The molecule has 0 radical (unpaired) electrons. The molecular weight excluding hydrogens is 418 g/mol. The van der Waals surface area contributed by atoms with Crippen LogP contribution < -0.4 is 0 Å². The van der Waals surface area contributed by atoms with Crippen molar-refractivity contribution < 1.29 is 8.42 Å². The second-order valence-electron chi connectivity index (χ2n) is 7.96. The van der Waals surface area contributed by atoms with Crippen LogP contribution in [0.25, 0.3) is 17.0 Å². The molecular formula is C26H23N3O2S. The normalized spacial score (nSPS) is 15.8. The van der Waals surface area contributed by atoms with Gasteiger partial charge < -0.3 is 0 Å². The van der Waals surface area contributed by atoms with Crippen LogP contribution in [-0.4, -0.2) is 29.6 Å². The van der Waals surface area contributed by atoms with E-state index in [1.807, 2.05) is 61.7 Å². The summed E-state index contributed by atoms with van der Waals surface area (Å²) in [5.74, 6) is 0. The van der Waals surface area contributed by atoms with Crippen molar-refractivity contribution in [3.05, 3.63) is 102 Å². The van der Waals surface area contributed by atoms with Gasteiger partial charge in [0.1, 0.15) is 0 Å². The fourth-order valence-electron chi connectivity index (χ4n) is 4.10. The standard InChI is InChI=1S/C26H23N3O2S/c1-19-10-12-23(13-11-19)32(30,31)29-18-22(24-8-2-3-9-25(24)29)16-20-6-5-15-28-26(20)21-7-4-14-27-17-21/h2-4,7-14,16-18H,5-6,15H2,1H3. The van der Waals surface area contributed by atoms with E-state index in [2.05, 4.69) is 11.1 Å². The molecule has 0 spiro atoms. The lowest BCUT2D eigenvalue weighted by atomic mass is 9.95. The molecule has 5 nitrogen and oxygen atoms in total. The van der Waals surface area contributed by atoms with E-state index >= 15 is 0 Å². The number of rotatable bonds is 4. The molecule has 0 aliphatic carbocycles. The van der Waals surface area contributed by atoms with E-state index in [4.69, 9.17) is 4.99 Å². The number of allylic oxidation sites excluding steroid dienone is 1. The average molecular weight is 442 g/mol. The quantitative estimate of drug-likeness (QED) is 0.435. The lowest BCUT2D eigenvalue weighted by Crippen LogP contribution is -2.12. The van der Waals surface area contributed by atoms with E-state index in [1.54, 1.807) is 24.5 Å². The first-order valence-corrected chi connectivity index (χ1v) is 12.1. The molecule has 2 aromatic carbocycles. The Bertz CT molecular complexity index is 1450. The van der Waals surface area contributed by atoms with Crippen molar-refractivity contribution >= 4 is 32.7 Å². The van der Waals surface area contributed by atoms with Gasteiger partial charge in [-0.05, 0) is 61.7 Å². The molecule has 0 unspecified atom stereocenters. The van der Waals surface area contributed by atoms with Gasteiger partial charge in [-0.25, -0.2) is 12.4 Å². The highest BCUT2D eigenvalue weighted by Crippen LogP contribution is 2.30. The van der Waals surface area contributed by atoms with Gasteiger partial charge in [0, 0.05) is 41.6 Å². The predicted molar refractivity (Wildman–Crippen MR) is 129 cm³/mol. The highest BCUT2D eigenvalue weighted by molar-refractivity contribution is 7.90. The first-order chi connectivity index (χ1) is 15.5. The molecule has 4 aromatic rings. The summed E-state index contributed by atoms with van der Waals surface area (Å²) in [5.41, 5.74) is 5.56. The summed E-state index contributed by atoms with van der Waals surface area (Å²) in [6, 6.07) is 18.5. The summed E-state index contributed by atoms with van der Waals surface area (Å²) in [6.07, 6.45) is 9.23. The lowest BCUT2D eigenvalue weighted by molar-refractivity contribution is 0.589. The van der Waals surface area contributed by atoms with Crippen molar-refractivity contribution in [1.82, 2.24) is 8.96 Å². The van der Waals surface area contributed by atoms with Crippen molar-refractivity contribution in [3.63, 3.8) is 0 Å². The Hall–Kier alpha value is -3.51. The summed E-state index contributed by atoms with van der Waals surface area (Å²) in [6.45, 7) is 2.72. The number of pyridine rings is 1. The molecule has 2 aromatic heterocycles. The highest BCUT2D eigenvalue weighted by atomic mass is 32.2. The topological polar surface area (TPSA) is 64.3 Å². The molecule has 160 valence electrons. The molecule has 0 saturated heterocycles. The van der Waals surface area contributed by atoms with Crippen LogP contribution in [0.1, 0.15) is 29.5 Å². The van der Waals surface area contributed by atoms with E-state index in [-0.39, 0.29) is 4.90 Å². The summed E-state index contributed by atoms with van der Waals surface area (Å²) in [7, 11) is -3.72. The first-order valence-electron chi connectivity index (χ1n) is 10.6. The van der Waals surface area contributed by atoms with Crippen molar-refractivity contribution in [3.8, 4) is 0 Å². The van der Waals surface area contributed by atoms with E-state index in [0.29, 0.717) is 5.52 Å². The minimum absolute atomic E-state index is 0.276. The maximum Gasteiger partial charge on any atom is 0.268 e. The van der Waals surface area contributed by atoms with E-state index in [0.717, 1.165) is 52.7 Å². The molecule has 0 amide bonds. The Kier molecular flexibility index (Phi) is 5.23. The number of benzene rings is 2. The zero-order chi connectivity index (χ0) is 22.1. The summed E-state index contributed by atoms with van der Waals surface area (Å²) in [4.78, 5) is 9.26. The number of aliphatic imine (C=N–C) groups is 1. The Morgan fingerprint density at radius 2 is 1.81 bits per heavy atom. The third-order valence-electron chi connectivity index (χ3n) is 5.73. The molecule has 1 aliphatic heterocycles. The Labute approximate surface area is 187 Å². The van der Waals surface area contributed by atoms with Gasteiger partial charge in [-0.15, -0.1) is 0 Å². The second kappa shape index (κ2) is 8.20. The predicted octanol–water partition coefficient (Wildman–Crippen LogP) is 5.25. The van der Waals surface area contributed by atoms with Crippen molar-refractivity contribution in [2.24, 2.45) is 4.99 Å². The van der Waals surface area contributed by atoms with E-state index in [9.17, 15) is 8.42 Å². The summed E-state index contributed by atoms with van der Waals surface area (Å²) in [5, 5.41) is 0.895. The van der Waals surface area contributed by atoms with Gasteiger partial charge in [0.05, 0.1) is 16.1 Å². The van der Waals surface area contributed by atoms with Crippen LogP contribution in [0, 0.1) is 6.92 Å². The fourth-order valence-corrected chi connectivity index (χ4v) is 5.48. The smallest absolute Gasteiger partial charge is 0.268 e. The van der Waals surface area contributed by atoms with E-state index < -0.39 is 10.0 Å². The molecule has 0 fully saturated rings. The number of fused-ring (bicyclic) bond motifs is 1. The van der Waals surface area contributed by atoms with Gasteiger partial charge in [-0.1, -0.05) is 35.9 Å². The maximum absolute atomic E-state index is 13.5. The molecule has 0 saturated carbocycles. The number of hydrogen-bond donors (Lipinski definition) is 0. The second-order valence-corrected chi connectivity index (χ2v) is 9.78. The number of aromatic nitrogens is 2. The number of aryl methyl sites for hydroxylation is 1. The van der Waals surface area contributed by atoms with Gasteiger partial charge in [0.25, 0.3) is 10.0 Å². The fraction of sp³-hybridized carbons (Fsp3) is 0.154. The average Bonchev–Trinajstić information content (AvgIpc) is 3.20. The lowest BCUT2D eigenvalue weighted by Gasteiger charge is -2.16. The molecule has 1 aliphatic rings. The van der Waals surface area contributed by atoms with Gasteiger partial charge in [0.2, 0.25) is 0 Å². The van der Waals surface area contributed by atoms with Crippen molar-refractivity contribution in [2.75, 3.05) is 6.54 Å². The van der Waals surface area contributed by atoms with Gasteiger partial charge in [0.15, 0.2) is 0 Å². The molecule has 32 heavy (non-hydrogen) atoms. The van der Waals surface area contributed by atoms with Gasteiger partial charge in [-0.3, -0.25) is 9.98 Å². The van der Waals surface area contributed by atoms with Gasteiger partial charge in [-0.2, -0.15) is 0 Å². The maximum atomic E-state index is 13.5. The number of hydrogen-bond acceptors (Lipinski definition) is 4. The zero-order valence-corrected chi connectivity index (χ0v) is 18.6. The van der Waals surface area contributed by atoms with Crippen molar-refractivity contribution in [1.29, 1.82) is 0 Å². The van der Waals surface area contributed by atoms with Crippen LogP contribution in [0.3, 0.4) is 0 Å². The first kappa shape index (κ1) is 20.4. The molecule has 3 heterocycles. The Morgan fingerprint density at radius 1 is 1.00 bits per heavy atom. The van der Waals surface area contributed by atoms with Crippen LogP contribution in [0.4, 0.5) is 0 Å². The van der Waals surface area contributed by atoms with Crippen LogP contribution in [0.5, 0.6) is 0 Å². The Morgan fingerprint density at radius 3 is 2.59 bits per heavy atom. The minimum Gasteiger partial charge on any atom is -0.284 e. The highest BCUT2D eigenvalue weighted by Gasteiger charge is 2.22. The van der Waals surface area contributed by atoms with Crippen LogP contribution in [0.15, 0.2) is 94.7 Å². The molecule has 0 bridgehead atoms. The van der Waals surface area contributed by atoms with E-state index in [1.165, 1.54) is 3.97 Å². The van der Waals surface area contributed by atoms with Crippen LogP contribution in [-0.2, 0) is 10.0 Å². The zero-order valence-electron chi connectivity index (χ0n) is 17.8. The summed E-state index contributed by atoms with van der Waals surface area (Å²) < 4.78 is 28.3. The number of para-hydroxylation sites is 1. The molecule has 5 rings (SSSR count).